The number of carbonyl (C=O) groups is 3. The summed E-state index contributed by atoms with van der Waals surface area (Å²) in [6.07, 6.45) is 0.158. The van der Waals surface area contributed by atoms with Gasteiger partial charge in [-0.15, -0.1) is 0 Å². The standard InChI is InChI=1S/C16H21N3O4/c1-3-18(10-14(20)17-2)15(21)8-9-19-12-6-4-5-7-13(12)23-11-16(19)22/h4-7H,3,8-11H2,1-2H3,(H,17,20). The summed E-state index contributed by atoms with van der Waals surface area (Å²) < 4.78 is 5.37. The van der Waals surface area contributed by atoms with Crippen molar-refractivity contribution in [2.45, 2.75) is 13.3 Å². The number of nitrogens with one attached hydrogen (secondary N) is 1. The molecule has 3 amide bonds. The average molecular weight is 319 g/mol. The predicted molar refractivity (Wildman–Crippen MR) is 85.2 cm³/mol. The smallest absolute Gasteiger partial charge is 0.265 e. The van der Waals surface area contributed by atoms with Crippen LogP contribution in [-0.2, 0) is 14.4 Å². The van der Waals surface area contributed by atoms with Gasteiger partial charge in [0.1, 0.15) is 5.75 Å². The van der Waals surface area contributed by atoms with Crippen LogP contribution in [0.2, 0.25) is 0 Å². The molecular weight excluding hydrogens is 298 g/mol. The van der Waals surface area contributed by atoms with Gasteiger partial charge in [0, 0.05) is 26.6 Å². The molecule has 0 radical (unpaired) electrons. The molecule has 0 unspecified atom stereocenters. The summed E-state index contributed by atoms with van der Waals surface area (Å²) in [6, 6.07) is 7.24. The van der Waals surface area contributed by atoms with Crippen LogP contribution in [0.25, 0.3) is 0 Å². The Morgan fingerprint density at radius 3 is 2.78 bits per heavy atom. The third-order valence-electron chi connectivity index (χ3n) is 3.71. The van der Waals surface area contributed by atoms with Crippen molar-refractivity contribution in [2.75, 3.05) is 38.2 Å². The van der Waals surface area contributed by atoms with E-state index in [1.807, 2.05) is 19.1 Å². The first-order valence-corrected chi connectivity index (χ1v) is 7.57. The lowest BCUT2D eigenvalue weighted by Crippen LogP contribution is -2.43. The van der Waals surface area contributed by atoms with E-state index in [4.69, 9.17) is 4.74 Å². The van der Waals surface area contributed by atoms with Crippen molar-refractivity contribution in [3.05, 3.63) is 24.3 Å². The normalized spacial score (nSPS) is 13.1. The SMILES string of the molecule is CCN(CC(=O)NC)C(=O)CCN1C(=O)COc2ccccc21. The van der Waals surface area contributed by atoms with Gasteiger partial charge in [-0.25, -0.2) is 0 Å². The highest BCUT2D eigenvalue weighted by atomic mass is 16.5. The fourth-order valence-corrected chi connectivity index (χ4v) is 2.39. The van der Waals surface area contributed by atoms with Gasteiger partial charge in [-0.3, -0.25) is 14.4 Å². The van der Waals surface area contributed by atoms with Crippen molar-refractivity contribution in [3.8, 4) is 5.75 Å². The monoisotopic (exact) mass is 319 g/mol. The molecule has 0 spiro atoms. The van der Waals surface area contributed by atoms with Crippen molar-refractivity contribution in [2.24, 2.45) is 0 Å². The maximum Gasteiger partial charge on any atom is 0.265 e. The summed E-state index contributed by atoms with van der Waals surface area (Å²) in [5.41, 5.74) is 0.672. The average Bonchev–Trinajstić information content (AvgIpc) is 2.58. The van der Waals surface area contributed by atoms with E-state index in [-0.39, 0.29) is 43.8 Å². The quantitative estimate of drug-likeness (QED) is 0.823. The number of amides is 3. The number of benzene rings is 1. The molecule has 1 aliphatic rings. The van der Waals surface area contributed by atoms with Crippen LogP contribution in [0.5, 0.6) is 5.75 Å². The highest BCUT2D eigenvalue weighted by Crippen LogP contribution is 2.31. The molecule has 124 valence electrons. The molecule has 0 bridgehead atoms. The molecule has 7 nitrogen and oxygen atoms in total. The molecule has 1 aromatic rings. The molecule has 1 aromatic carbocycles. The molecule has 1 aliphatic heterocycles. The molecule has 1 N–H and O–H groups in total. The number of fused-ring (bicyclic) bond motifs is 1. The Morgan fingerprint density at radius 1 is 1.35 bits per heavy atom. The first kappa shape index (κ1) is 16.8. The maximum absolute atomic E-state index is 12.3. The zero-order valence-corrected chi connectivity index (χ0v) is 13.4. The molecule has 0 fully saturated rings. The Bertz CT molecular complexity index is 603. The van der Waals surface area contributed by atoms with Crippen LogP contribution < -0.4 is 15.0 Å². The van der Waals surface area contributed by atoms with Gasteiger partial charge >= 0.3 is 0 Å². The van der Waals surface area contributed by atoms with Crippen LogP contribution in [0.1, 0.15) is 13.3 Å². The number of hydrogen-bond acceptors (Lipinski definition) is 4. The molecule has 23 heavy (non-hydrogen) atoms. The van der Waals surface area contributed by atoms with Gasteiger partial charge in [0.05, 0.1) is 12.2 Å². The maximum atomic E-state index is 12.3. The summed E-state index contributed by atoms with van der Waals surface area (Å²) in [5.74, 6) is 0.0870. The second-order valence-electron chi connectivity index (χ2n) is 5.13. The third kappa shape index (κ3) is 4.00. The Balaban J connectivity index is 2.01. The van der Waals surface area contributed by atoms with Crippen LogP contribution in [-0.4, -0.2) is 55.9 Å². The lowest BCUT2D eigenvalue weighted by molar-refractivity contribution is -0.135. The lowest BCUT2D eigenvalue weighted by atomic mass is 10.2. The summed E-state index contributed by atoms with van der Waals surface area (Å²) in [5, 5.41) is 2.50. The predicted octanol–water partition coefficient (Wildman–Crippen LogP) is 0.397. The number of nitrogens with zero attached hydrogens (tertiary/aromatic N) is 2. The fourth-order valence-electron chi connectivity index (χ4n) is 2.39. The van der Waals surface area contributed by atoms with Crippen molar-refractivity contribution < 1.29 is 19.1 Å². The Labute approximate surface area is 135 Å². The fraction of sp³-hybridized carbons (Fsp3) is 0.438. The number of hydrogen-bond donors (Lipinski definition) is 1. The minimum Gasteiger partial charge on any atom is -0.482 e. The number of rotatable bonds is 6. The van der Waals surface area contributed by atoms with E-state index in [1.165, 1.54) is 11.9 Å². The van der Waals surface area contributed by atoms with Gasteiger partial charge in [-0.1, -0.05) is 12.1 Å². The number of para-hydroxylation sites is 2. The minimum atomic E-state index is -0.215. The topological polar surface area (TPSA) is 79.0 Å². The number of likely N-dealkylation sites (N-methyl/N-ethyl adjacent to an activating group) is 2. The van der Waals surface area contributed by atoms with Crippen LogP contribution in [0.15, 0.2) is 24.3 Å². The van der Waals surface area contributed by atoms with Crippen molar-refractivity contribution >= 4 is 23.4 Å². The summed E-state index contributed by atoms with van der Waals surface area (Å²) in [7, 11) is 1.53. The zero-order chi connectivity index (χ0) is 16.8. The number of carbonyl (C=O) groups excluding carboxylic acids is 3. The molecule has 0 atom stereocenters. The summed E-state index contributed by atoms with van der Waals surface area (Å²) in [6.45, 7) is 2.53. The van der Waals surface area contributed by atoms with Gasteiger partial charge in [-0.2, -0.15) is 0 Å². The Hall–Kier alpha value is -2.57. The first-order valence-electron chi connectivity index (χ1n) is 7.57. The molecular formula is C16H21N3O4. The van der Waals surface area contributed by atoms with E-state index in [1.54, 1.807) is 17.0 Å². The molecule has 1 heterocycles. The number of anilines is 1. The Morgan fingerprint density at radius 2 is 2.09 bits per heavy atom. The van der Waals surface area contributed by atoms with Crippen molar-refractivity contribution in [1.82, 2.24) is 10.2 Å². The first-order chi connectivity index (χ1) is 11.1. The second-order valence-corrected chi connectivity index (χ2v) is 5.13. The van der Waals surface area contributed by atoms with Crippen LogP contribution in [0.4, 0.5) is 5.69 Å². The van der Waals surface area contributed by atoms with Crippen molar-refractivity contribution in [3.63, 3.8) is 0 Å². The van der Waals surface area contributed by atoms with Gasteiger partial charge < -0.3 is 19.9 Å². The Kier molecular flexibility index (Phi) is 5.56. The zero-order valence-electron chi connectivity index (χ0n) is 13.4. The minimum absolute atomic E-state index is 0.0268. The highest BCUT2D eigenvalue weighted by Gasteiger charge is 2.26. The molecule has 0 aliphatic carbocycles. The van der Waals surface area contributed by atoms with E-state index < -0.39 is 0 Å². The lowest BCUT2D eigenvalue weighted by Gasteiger charge is -2.30. The second kappa shape index (κ2) is 7.62. The largest absolute Gasteiger partial charge is 0.482 e. The van der Waals surface area contributed by atoms with Gasteiger partial charge in [0.15, 0.2) is 6.61 Å². The van der Waals surface area contributed by atoms with Crippen LogP contribution in [0.3, 0.4) is 0 Å². The van der Waals surface area contributed by atoms with E-state index in [9.17, 15) is 14.4 Å². The molecule has 2 rings (SSSR count). The van der Waals surface area contributed by atoms with Crippen LogP contribution >= 0.6 is 0 Å². The van der Waals surface area contributed by atoms with E-state index in [0.29, 0.717) is 18.0 Å². The highest BCUT2D eigenvalue weighted by molar-refractivity contribution is 5.98. The van der Waals surface area contributed by atoms with E-state index in [0.717, 1.165) is 0 Å². The van der Waals surface area contributed by atoms with Gasteiger partial charge in [-0.05, 0) is 19.1 Å². The van der Waals surface area contributed by atoms with Crippen molar-refractivity contribution in [1.29, 1.82) is 0 Å². The third-order valence-corrected chi connectivity index (χ3v) is 3.71. The summed E-state index contributed by atoms with van der Waals surface area (Å²) in [4.78, 5) is 38.8. The van der Waals surface area contributed by atoms with Crippen LogP contribution in [0, 0.1) is 0 Å². The van der Waals surface area contributed by atoms with Gasteiger partial charge in [0.25, 0.3) is 5.91 Å². The van der Waals surface area contributed by atoms with E-state index >= 15 is 0 Å². The molecule has 0 saturated carbocycles. The molecule has 7 heteroatoms. The van der Waals surface area contributed by atoms with E-state index in [2.05, 4.69) is 5.32 Å². The summed E-state index contributed by atoms with van der Waals surface area (Å²) >= 11 is 0. The number of ether oxygens (including phenoxy) is 1. The molecule has 0 aromatic heterocycles. The molecule has 0 saturated heterocycles. The van der Waals surface area contributed by atoms with Gasteiger partial charge in [0.2, 0.25) is 11.8 Å².